The average molecular weight is 521 g/mol. The van der Waals surface area contributed by atoms with Crippen molar-refractivity contribution in [3.8, 4) is 32.9 Å². The van der Waals surface area contributed by atoms with Gasteiger partial charge in [0.25, 0.3) is 5.91 Å². The van der Waals surface area contributed by atoms with Crippen molar-refractivity contribution < 1.29 is 13.6 Å². The van der Waals surface area contributed by atoms with Crippen LogP contribution < -0.4 is 10.2 Å². The molecule has 2 aromatic heterocycles. The molecule has 4 aromatic carbocycles. The van der Waals surface area contributed by atoms with Crippen molar-refractivity contribution in [1.29, 1.82) is 0 Å². The molecule has 0 aliphatic rings. The fourth-order valence-electron chi connectivity index (χ4n) is 4.85. The zero-order valence-corrected chi connectivity index (χ0v) is 22.0. The van der Waals surface area contributed by atoms with E-state index in [1.165, 1.54) is 27.1 Å². The van der Waals surface area contributed by atoms with Crippen LogP contribution in [0, 0.1) is 5.82 Å². The van der Waals surface area contributed by atoms with E-state index in [0.29, 0.717) is 27.9 Å². The number of thiophene rings is 1. The van der Waals surface area contributed by atoms with Crippen LogP contribution in [0.4, 0.5) is 10.1 Å². The van der Waals surface area contributed by atoms with E-state index in [2.05, 4.69) is 59.9 Å². The number of benzene rings is 4. The Labute approximate surface area is 223 Å². The van der Waals surface area contributed by atoms with Gasteiger partial charge in [0, 0.05) is 59.0 Å². The maximum Gasteiger partial charge on any atom is 0.255 e. The van der Waals surface area contributed by atoms with E-state index < -0.39 is 0 Å². The third-order valence-electron chi connectivity index (χ3n) is 6.73. The zero-order valence-electron chi connectivity index (χ0n) is 21.2. The van der Waals surface area contributed by atoms with Crippen molar-refractivity contribution in [2.45, 2.75) is 0 Å². The number of carbonyl (C=O) groups is 1. The minimum Gasteiger partial charge on any atom is -0.455 e. The van der Waals surface area contributed by atoms with Gasteiger partial charge in [-0.15, -0.1) is 11.3 Å². The van der Waals surface area contributed by atoms with E-state index in [9.17, 15) is 9.18 Å². The number of hydrogen-bond acceptors (Lipinski definition) is 4. The highest BCUT2D eigenvalue weighted by atomic mass is 32.1. The lowest BCUT2D eigenvalue weighted by atomic mass is 9.96. The third-order valence-corrected chi connectivity index (χ3v) is 7.90. The van der Waals surface area contributed by atoms with Crippen LogP contribution in [0.1, 0.15) is 10.4 Å². The third kappa shape index (κ3) is 4.13. The van der Waals surface area contributed by atoms with Crippen LogP contribution in [0.3, 0.4) is 0 Å². The molecule has 0 aliphatic heterocycles. The number of halogens is 1. The first kappa shape index (κ1) is 23.9. The van der Waals surface area contributed by atoms with Crippen LogP contribution in [0.2, 0.25) is 0 Å². The summed E-state index contributed by atoms with van der Waals surface area (Å²) in [7, 11) is 5.58. The molecule has 6 rings (SSSR count). The van der Waals surface area contributed by atoms with E-state index in [0.717, 1.165) is 22.4 Å². The van der Waals surface area contributed by atoms with Gasteiger partial charge in [-0.2, -0.15) is 0 Å². The molecule has 4 nitrogen and oxygen atoms in total. The smallest absolute Gasteiger partial charge is 0.255 e. The highest BCUT2D eigenvalue weighted by Gasteiger charge is 2.24. The molecule has 6 aromatic rings. The van der Waals surface area contributed by atoms with Crippen molar-refractivity contribution in [3.05, 3.63) is 102 Å². The van der Waals surface area contributed by atoms with E-state index in [1.807, 2.05) is 31.1 Å². The summed E-state index contributed by atoms with van der Waals surface area (Å²) in [5, 5.41) is 4.68. The molecule has 0 atom stereocenters. The monoisotopic (exact) mass is 520 g/mol. The number of nitrogens with one attached hydrogen (secondary N) is 1. The number of anilines is 1. The molecular formula is C32H25FN2O2S. The van der Waals surface area contributed by atoms with Crippen LogP contribution in [-0.2, 0) is 0 Å². The molecule has 0 radical (unpaired) electrons. The Bertz CT molecular complexity index is 1780. The Hall–Kier alpha value is -4.42. The average Bonchev–Trinajstić information content (AvgIpc) is 3.54. The van der Waals surface area contributed by atoms with Gasteiger partial charge in [0.1, 0.15) is 17.2 Å². The Morgan fingerprint density at radius 3 is 2.37 bits per heavy atom. The standard InChI is InChI=1S/C32H25FN2O2S/c1-34-32(36)30-25-17-24(20-8-6-9-21(15-20)29-16-22-7-4-5-10-28(22)38-29)26(35(2)3)18-27(25)37-31(30)19-11-13-23(33)14-12-19/h4-18H,1-3H3,(H,34,36). The second-order valence-corrected chi connectivity index (χ2v) is 10.5. The van der Waals surface area contributed by atoms with Gasteiger partial charge >= 0.3 is 0 Å². The number of amides is 1. The first-order valence-electron chi connectivity index (χ1n) is 12.3. The van der Waals surface area contributed by atoms with Crippen LogP contribution >= 0.6 is 11.3 Å². The quantitative estimate of drug-likeness (QED) is 0.249. The lowest BCUT2D eigenvalue weighted by molar-refractivity contribution is 0.0964. The van der Waals surface area contributed by atoms with Crippen LogP contribution in [0.5, 0.6) is 0 Å². The molecule has 0 bridgehead atoms. The maximum atomic E-state index is 13.6. The number of fused-ring (bicyclic) bond motifs is 2. The highest BCUT2D eigenvalue weighted by molar-refractivity contribution is 7.22. The van der Waals surface area contributed by atoms with Crippen LogP contribution in [-0.4, -0.2) is 27.1 Å². The summed E-state index contributed by atoms with van der Waals surface area (Å²) >= 11 is 1.77. The number of carbonyl (C=O) groups excluding carboxylic acids is 1. The predicted molar refractivity (Wildman–Crippen MR) is 156 cm³/mol. The van der Waals surface area contributed by atoms with Gasteiger partial charge in [-0.05, 0) is 65.0 Å². The molecule has 2 heterocycles. The van der Waals surface area contributed by atoms with Gasteiger partial charge in [0.15, 0.2) is 0 Å². The van der Waals surface area contributed by atoms with E-state index in [-0.39, 0.29) is 11.7 Å². The lowest BCUT2D eigenvalue weighted by Gasteiger charge is -2.18. The SMILES string of the molecule is CNC(=O)c1c(-c2ccc(F)cc2)oc2cc(N(C)C)c(-c3cccc(-c4cc5ccccc5s4)c3)cc12. The van der Waals surface area contributed by atoms with Crippen molar-refractivity contribution in [2.24, 2.45) is 0 Å². The normalized spacial score (nSPS) is 11.3. The second-order valence-electron chi connectivity index (χ2n) is 9.38. The Kier molecular flexibility index (Phi) is 5.97. The summed E-state index contributed by atoms with van der Waals surface area (Å²) in [6, 6.07) is 29.1. The van der Waals surface area contributed by atoms with Gasteiger partial charge in [-0.1, -0.05) is 36.4 Å². The van der Waals surface area contributed by atoms with Gasteiger partial charge in [0.2, 0.25) is 0 Å². The largest absolute Gasteiger partial charge is 0.455 e. The van der Waals surface area contributed by atoms with Gasteiger partial charge < -0.3 is 14.6 Å². The fraction of sp³-hybridized carbons (Fsp3) is 0.0938. The summed E-state index contributed by atoms with van der Waals surface area (Å²) in [5.74, 6) is -0.187. The summed E-state index contributed by atoms with van der Waals surface area (Å²) in [5.41, 5.74) is 5.80. The molecule has 188 valence electrons. The van der Waals surface area contributed by atoms with Crippen molar-refractivity contribution >= 4 is 44.0 Å². The molecule has 0 fully saturated rings. The highest BCUT2D eigenvalue weighted by Crippen LogP contribution is 2.42. The number of nitrogens with zero attached hydrogens (tertiary/aromatic N) is 1. The molecule has 38 heavy (non-hydrogen) atoms. The predicted octanol–water partition coefficient (Wildman–Crippen LogP) is 8.21. The Morgan fingerprint density at radius 2 is 1.63 bits per heavy atom. The molecular weight excluding hydrogens is 495 g/mol. The molecule has 1 N–H and O–H groups in total. The molecule has 0 saturated carbocycles. The van der Waals surface area contributed by atoms with E-state index in [4.69, 9.17) is 4.42 Å². The van der Waals surface area contributed by atoms with Gasteiger partial charge in [-0.3, -0.25) is 4.79 Å². The fourth-order valence-corrected chi connectivity index (χ4v) is 5.91. The molecule has 6 heteroatoms. The Balaban J connectivity index is 1.56. The van der Waals surface area contributed by atoms with Gasteiger partial charge in [0.05, 0.1) is 5.56 Å². The van der Waals surface area contributed by atoms with Crippen LogP contribution in [0.15, 0.2) is 95.4 Å². The summed E-state index contributed by atoms with van der Waals surface area (Å²) in [6.07, 6.45) is 0. The molecule has 0 saturated heterocycles. The summed E-state index contributed by atoms with van der Waals surface area (Å²) in [4.78, 5) is 16.3. The number of rotatable bonds is 5. The summed E-state index contributed by atoms with van der Waals surface area (Å²) in [6.45, 7) is 0. The van der Waals surface area contributed by atoms with Crippen molar-refractivity contribution in [2.75, 3.05) is 26.0 Å². The second kappa shape index (κ2) is 9.47. The molecule has 0 unspecified atom stereocenters. The maximum absolute atomic E-state index is 13.6. The Morgan fingerprint density at radius 1 is 0.868 bits per heavy atom. The zero-order chi connectivity index (χ0) is 26.4. The van der Waals surface area contributed by atoms with Crippen molar-refractivity contribution in [3.63, 3.8) is 0 Å². The molecule has 0 spiro atoms. The lowest BCUT2D eigenvalue weighted by Crippen LogP contribution is -2.18. The number of furan rings is 1. The van der Waals surface area contributed by atoms with Crippen LogP contribution in [0.25, 0.3) is 53.9 Å². The summed E-state index contributed by atoms with van der Waals surface area (Å²) < 4.78 is 21.1. The van der Waals surface area contributed by atoms with E-state index >= 15 is 0 Å². The molecule has 0 aliphatic carbocycles. The van der Waals surface area contributed by atoms with Crippen molar-refractivity contribution in [1.82, 2.24) is 5.32 Å². The van der Waals surface area contributed by atoms with E-state index in [1.54, 1.807) is 30.5 Å². The molecule has 1 amide bonds. The minimum absolute atomic E-state index is 0.259. The first-order chi connectivity index (χ1) is 18.4. The first-order valence-corrected chi connectivity index (χ1v) is 13.1. The number of hydrogen-bond donors (Lipinski definition) is 1. The minimum atomic E-state index is -0.345. The topological polar surface area (TPSA) is 45.5 Å². The van der Waals surface area contributed by atoms with Gasteiger partial charge in [-0.25, -0.2) is 4.39 Å².